The number of rotatable bonds is 4. The lowest BCUT2D eigenvalue weighted by Crippen LogP contribution is -2.31. The molecule has 1 aromatic carbocycles. The summed E-state index contributed by atoms with van der Waals surface area (Å²) in [5.74, 6) is -3.85. The van der Waals surface area contributed by atoms with Crippen LogP contribution in [0.15, 0.2) is 17.0 Å². The van der Waals surface area contributed by atoms with Gasteiger partial charge >= 0.3 is 0 Å². The molecule has 0 radical (unpaired) electrons. The zero-order valence-electron chi connectivity index (χ0n) is 11.3. The van der Waals surface area contributed by atoms with Gasteiger partial charge in [-0.25, -0.2) is 21.6 Å². The summed E-state index contributed by atoms with van der Waals surface area (Å²) in [6.45, 7) is 1.02. The normalized spacial score (nSPS) is 19.5. The summed E-state index contributed by atoms with van der Waals surface area (Å²) in [6.07, 6.45) is 0.616. The first-order valence-corrected chi connectivity index (χ1v) is 7.59. The molecule has 1 atom stereocenters. The van der Waals surface area contributed by atoms with Gasteiger partial charge in [-0.3, -0.25) is 0 Å². The maximum absolute atomic E-state index is 13.6. The fourth-order valence-corrected chi connectivity index (χ4v) is 4.00. The third-order valence-electron chi connectivity index (χ3n) is 3.30. The molecule has 0 bridgehead atoms. The van der Waals surface area contributed by atoms with E-state index in [-0.39, 0.29) is 31.4 Å². The van der Waals surface area contributed by atoms with E-state index >= 15 is 0 Å². The van der Waals surface area contributed by atoms with Gasteiger partial charge in [-0.2, -0.15) is 4.31 Å². The fraction of sp³-hybridized carbons (Fsp3) is 0.500. The van der Waals surface area contributed by atoms with Gasteiger partial charge in [0, 0.05) is 25.2 Å². The van der Waals surface area contributed by atoms with E-state index in [2.05, 4.69) is 5.32 Å². The molecule has 1 fully saturated rings. The van der Waals surface area contributed by atoms with Crippen molar-refractivity contribution < 1.29 is 21.6 Å². The van der Waals surface area contributed by atoms with Crippen LogP contribution in [0.1, 0.15) is 6.42 Å². The molecule has 1 unspecified atom stereocenters. The molecule has 0 aromatic heterocycles. The van der Waals surface area contributed by atoms with Crippen LogP contribution in [-0.4, -0.2) is 39.4 Å². The van der Waals surface area contributed by atoms with Gasteiger partial charge < -0.3 is 5.32 Å². The number of nitrogens with zero attached hydrogens (tertiary/aromatic N) is 1. The van der Waals surface area contributed by atoms with Crippen molar-refractivity contribution >= 4 is 22.4 Å². The fourth-order valence-electron chi connectivity index (χ4n) is 2.38. The second-order valence-electron chi connectivity index (χ2n) is 4.77. The van der Waals surface area contributed by atoms with E-state index in [0.717, 1.165) is 4.31 Å². The Balaban J connectivity index is 0.00000220. The number of sulfonamides is 1. The molecule has 0 amide bonds. The predicted octanol–water partition coefficient (Wildman–Crippen LogP) is 1.76. The summed E-state index contributed by atoms with van der Waals surface area (Å²) in [6, 6.07) is 0.744. The van der Waals surface area contributed by atoms with Gasteiger partial charge in [0.2, 0.25) is 10.0 Å². The minimum Gasteiger partial charge on any atom is -0.319 e. The number of halogens is 4. The lowest BCUT2D eigenvalue weighted by molar-refractivity contribution is 0.435. The van der Waals surface area contributed by atoms with Crippen molar-refractivity contribution in [3.05, 3.63) is 29.6 Å². The Morgan fingerprint density at radius 2 is 1.86 bits per heavy atom. The number of hydrogen-bond donors (Lipinski definition) is 1. The highest BCUT2D eigenvalue weighted by Crippen LogP contribution is 2.28. The van der Waals surface area contributed by atoms with E-state index in [1.807, 2.05) is 0 Å². The second-order valence-corrected chi connectivity index (χ2v) is 6.65. The summed E-state index contributed by atoms with van der Waals surface area (Å²) in [5, 5.41) is 2.93. The van der Waals surface area contributed by atoms with Crippen LogP contribution in [0.4, 0.5) is 13.2 Å². The van der Waals surface area contributed by atoms with E-state index in [4.69, 9.17) is 0 Å². The van der Waals surface area contributed by atoms with Crippen molar-refractivity contribution in [1.82, 2.24) is 9.62 Å². The molecule has 120 valence electrons. The van der Waals surface area contributed by atoms with Crippen LogP contribution in [0.25, 0.3) is 0 Å². The third kappa shape index (κ3) is 3.68. The molecular formula is C12H16ClF3N2O2S. The minimum atomic E-state index is -4.28. The van der Waals surface area contributed by atoms with Crippen LogP contribution in [0.5, 0.6) is 0 Å². The average Bonchev–Trinajstić information content (AvgIpc) is 2.76. The molecule has 1 N–H and O–H groups in total. The quantitative estimate of drug-likeness (QED) is 0.905. The van der Waals surface area contributed by atoms with E-state index in [9.17, 15) is 21.6 Å². The topological polar surface area (TPSA) is 49.4 Å². The van der Waals surface area contributed by atoms with Crippen LogP contribution in [0.3, 0.4) is 0 Å². The summed E-state index contributed by atoms with van der Waals surface area (Å²) in [4.78, 5) is -1.08. The van der Waals surface area contributed by atoms with E-state index in [0.29, 0.717) is 25.1 Å². The molecule has 1 saturated heterocycles. The maximum atomic E-state index is 13.6. The van der Waals surface area contributed by atoms with Gasteiger partial charge in [-0.1, -0.05) is 0 Å². The van der Waals surface area contributed by atoms with Gasteiger partial charge in [0.15, 0.2) is 4.90 Å². The van der Waals surface area contributed by atoms with Crippen molar-refractivity contribution in [2.75, 3.05) is 26.7 Å². The molecule has 1 aromatic rings. The summed E-state index contributed by atoms with van der Waals surface area (Å²) >= 11 is 0. The van der Waals surface area contributed by atoms with E-state index < -0.39 is 32.4 Å². The number of benzene rings is 1. The highest BCUT2D eigenvalue weighted by Gasteiger charge is 2.36. The van der Waals surface area contributed by atoms with Crippen molar-refractivity contribution in [3.8, 4) is 0 Å². The van der Waals surface area contributed by atoms with Crippen LogP contribution in [0.2, 0.25) is 0 Å². The Kier molecular flexibility index (Phi) is 6.03. The van der Waals surface area contributed by atoms with E-state index in [1.165, 1.54) is 0 Å². The first kappa shape index (κ1) is 18.2. The summed E-state index contributed by atoms with van der Waals surface area (Å²) < 4.78 is 65.6. The monoisotopic (exact) mass is 344 g/mol. The zero-order chi connectivity index (χ0) is 14.9. The summed E-state index contributed by atoms with van der Waals surface area (Å²) in [7, 11) is -2.53. The van der Waals surface area contributed by atoms with Crippen LogP contribution in [0, 0.1) is 23.4 Å². The maximum Gasteiger partial charge on any atom is 0.248 e. The average molecular weight is 345 g/mol. The molecule has 1 aliphatic heterocycles. The van der Waals surface area contributed by atoms with Crippen molar-refractivity contribution in [2.24, 2.45) is 5.92 Å². The van der Waals surface area contributed by atoms with Crippen LogP contribution in [-0.2, 0) is 10.0 Å². The molecule has 4 nitrogen and oxygen atoms in total. The Labute approximate surface area is 127 Å². The first-order chi connectivity index (χ1) is 9.36. The molecule has 0 saturated carbocycles. The zero-order valence-corrected chi connectivity index (χ0v) is 12.9. The molecule has 9 heteroatoms. The lowest BCUT2D eigenvalue weighted by atomic mass is 10.1. The smallest absolute Gasteiger partial charge is 0.248 e. The van der Waals surface area contributed by atoms with Crippen molar-refractivity contribution in [2.45, 2.75) is 11.3 Å². The van der Waals surface area contributed by atoms with Crippen LogP contribution < -0.4 is 5.32 Å². The standard InChI is InChI=1S/C12H15F3N2O2S.ClH/c1-16-6-8-2-3-17(7-8)20(18,19)12-10(14)4-9(13)5-11(12)15;/h4-5,8,16H,2-3,6-7H2,1H3;1H. The Morgan fingerprint density at radius 1 is 1.29 bits per heavy atom. The van der Waals surface area contributed by atoms with Crippen molar-refractivity contribution in [1.29, 1.82) is 0 Å². The number of nitrogens with one attached hydrogen (secondary N) is 1. The molecule has 0 spiro atoms. The molecular weight excluding hydrogens is 329 g/mol. The second kappa shape index (κ2) is 6.95. The minimum absolute atomic E-state index is 0. The number of hydrogen-bond acceptors (Lipinski definition) is 3. The van der Waals surface area contributed by atoms with Gasteiger partial charge in [0.25, 0.3) is 0 Å². The molecule has 2 rings (SSSR count). The van der Waals surface area contributed by atoms with Gasteiger partial charge in [-0.15, -0.1) is 12.4 Å². The largest absolute Gasteiger partial charge is 0.319 e. The van der Waals surface area contributed by atoms with Crippen LogP contribution >= 0.6 is 12.4 Å². The third-order valence-corrected chi connectivity index (χ3v) is 5.22. The lowest BCUT2D eigenvalue weighted by Gasteiger charge is -2.17. The summed E-state index contributed by atoms with van der Waals surface area (Å²) in [5.41, 5.74) is 0. The Bertz CT molecular complexity index is 590. The van der Waals surface area contributed by atoms with Gasteiger partial charge in [0.05, 0.1) is 0 Å². The Morgan fingerprint density at radius 3 is 2.38 bits per heavy atom. The SMILES string of the molecule is CNCC1CCN(S(=O)(=O)c2c(F)cc(F)cc2F)C1.Cl. The molecule has 21 heavy (non-hydrogen) atoms. The van der Waals surface area contributed by atoms with Crippen molar-refractivity contribution in [3.63, 3.8) is 0 Å². The van der Waals surface area contributed by atoms with Gasteiger partial charge in [0.1, 0.15) is 17.5 Å². The first-order valence-electron chi connectivity index (χ1n) is 6.15. The Hall–Kier alpha value is -0.830. The molecule has 1 aliphatic rings. The molecule has 1 heterocycles. The highest BCUT2D eigenvalue weighted by molar-refractivity contribution is 7.89. The van der Waals surface area contributed by atoms with Gasteiger partial charge in [-0.05, 0) is 25.9 Å². The highest BCUT2D eigenvalue weighted by atomic mass is 35.5. The predicted molar refractivity (Wildman–Crippen MR) is 74.4 cm³/mol. The molecule has 0 aliphatic carbocycles. The van der Waals surface area contributed by atoms with E-state index in [1.54, 1.807) is 7.05 Å².